The van der Waals surface area contributed by atoms with Gasteiger partial charge in [0.15, 0.2) is 17.3 Å². The van der Waals surface area contributed by atoms with Crippen molar-refractivity contribution in [1.82, 2.24) is 0 Å². The van der Waals surface area contributed by atoms with E-state index in [0.717, 1.165) is 18.2 Å². The van der Waals surface area contributed by atoms with Gasteiger partial charge >= 0.3 is 5.97 Å². The van der Waals surface area contributed by atoms with E-state index < -0.39 is 29.0 Å². The number of phenolic OH excluding ortho intramolecular Hbond substituents is 2. The second-order valence-corrected chi connectivity index (χ2v) is 2.71. The molecule has 15 heavy (non-hydrogen) atoms. The Morgan fingerprint density at radius 1 is 1.00 bits per heavy atom. The number of aromatic hydroxyl groups is 2. The molecule has 0 spiro atoms. The minimum Gasteiger partial charge on any atom is -0.504 e. The summed E-state index contributed by atoms with van der Waals surface area (Å²) in [7, 11) is 0. The predicted molar refractivity (Wildman–Crippen MR) is 49.6 cm³/mol. The highest BCUT2D eigenvalue weighted by Gasteiger charge is 2.14. The zero-order valence-electron chi connectivity index (χ0n) is 7.38. The van der Waals surface area contributed by atoms with Gasteiger partial charge in [0.2, 0.25) is 5.76 Å². The first-order valence-corrected chi connectivity index (χ1v) is 3.81. The van der Waals surface area contributed by atoms with Gasteiger partial charge < -0.3 is 25.5 Å². The van der Waals surface area contributed by atoms with Crippen molar-refractivity contribution in [2.24, 2.45) is 0 Å². The van der Waals surface area contributed by atoms with Crippen molar-refractivity contribution < 1.29 is 30.3 Å². The molecule has 1 rings (SSSR count). The van der Waals surface area contributed by atoms with E-state index in [0.29, 0.717) is 0 Å². The first-order valence-electron chi connectivity index (χ1n) is 3.81. The summed E-state index contributed by atoms with van der Waals surface area (Å²) in [5.74, 6) is -4.77. The van der Waals surface area contributed by atoms with Gasteiger partial charge in [0, 0.05) is 5.56 Å². The van der Waals surface area contributed by atoms with Gasteiger partial charge in [-0.3, -0.25) is 0 Å². The van der Waals surface area contributed by atoms with E-state index in [-0.39, 0.29) is 5.56 Å². The van der Waals surface area contributed by atoms with Crippen molar-refractivity contribution in [3.05, 3.63) is 29.5 Å². The zero-order chi connectivity index (χ0) is 11.6. The van der Waals surface area contributed by atoms with Crippen LogP contribution in [0.3, 0.4) is 0 Å². The Balaban J connectivity index is 3.23. The molecule has 5 N–H and O–H groups in total. The molecule has 0 saturated carbocycles. The Kier molecular flexibility index (Phi) is 2.70. The number of hydrogen-bond acceptors (Lipinski definition) is 5. The second kappa shape index (κ2) is 3.79. The van der Waals surface area contributed by atoms with E-state index in [1.165, 1.54) is 0 Å². The molecule has 0 bridgehead atoms. The Morgan fingerprint density at radius 2 is 1.60 bits per heavy atom. The van der Waals surface area contributed by atoms with E-state index in [9.17, 15) is 9.90 Å². The SMILES string of the molecule is O=C(O)C(O)=C(O)c1ccc(O)c(O)c1. The van der Waals surface area contributed by atoms with Gasteiger partial charge in [-0.25, -0.2) is 4.79 Å². The van der Waals surface area contributed by atoms with Crippen molar-refractivity contribution in [2.45, 2.75) is 0 Å². The number of aliphatic carboxylic acids is 1. The second-order valence-electron chi connectivity index (χ2n) is 2.71. The molecule has 80 valence electrons. The first kappa shape index (κ1) is 10.7. The Labute approximate surface area is 84.0 Å². The van der Waals surface area contributed by atoms with Crippen molar-refractivity contribution in [3.63, 3.8) is 0 Å². The highest BCUT2D eigenvalue weighted by atomic mass is 16.4. The van der Waals surface area contributed by atoms with Crippen LogP contribution in [0.2, 0.25) is 0 Å². The summed E-state index contributed by atoms with van der Waals surface area (Å²) in [6.07, 6.45) is 0. The maximum Gasteiger partial charge on any atom is 0.374 e. The van der Waals surface area contributed by atoms with Crippen LogP contribution in [-0.4, -0.2) is 31.5 Å². The molecule has 1 aromatic carbocycles. The lowest BCUT2D eigenvalue weighted by atomic mass is 10.1. The Morgan fingerprint density at radius 3 is 2.07 bits per heavy atom. The molecule has 0 atom stereocenters. The topological polar surface area (TPSA) is 118 Å². The Hall–Kier alpha value is -2.37. The van der Waals surface area contributed by atoms with Crippen LogP contribution in [0.5, 0.6) is 11.5 Å². The number of hydrogen-bond donors (Lipinski definition) is 5. The molecule has 1 aromatic rings. The molecule has 0 amide bonds. The van der Waals surface area contributed by atoms with Crippen LogP contribution in [0.4, 0.5) is 0 Å². The predicted octanol–water partition coefficient (Wildman–Crippen LogP) is 0.967. The number of aliphatic hydroxyl groups excluding tert-OH is 2. The average Bonchev–Trinajstić information content (AvgIpc) is 2.19. The number of phenols is 2. The molecule has 6 heteroatoms. The lowest BCUT2D eigenvalue weighted by Gasteiger charge is -2.03. The quantitative estimate of drug-likeness (QED) is 0.283. The summed E-state index contributed by atoms with van der Waals surface area (Å²) in [4.78, 5) is 10.3. The molecule has 6 nitrogen and oxygen atoms in total. The van der Waals surface area contributed by atoms with Gasteiger partial charge in [-0.1, -0.05) is 0 Å². The molecule has 0 aliphatic rings. The molecule has 0 aromatic heterocycles. The van der Waals surface area contributed by atoms with E-state index in [1.807, 2.05) is 0 Å². The number of benzene rings is 1. The van der Waals surface area contributed by atoms with Gasteiger partial charge in [0.1, 0.15) is 0 Å². The minimum absolute atomic E-state index is 0.120. The first-order chi connectivity index (χ1) is 6.93. The molecule has 0 aliphatic heterocycles. The lowest BCUT2D eigenvalue weighted by Crippen LogP contribution is -2.03. The third-order valence-electron chi connectivity index (χ3n) is 1.68. The number of carboxylic acids is 1. The largest absolute Gasteiger partial charge is 0.504 e. The fourth-order valence-corrected chi connectivity index (χ4v) is 0.909. The number of aliphatic hydroxyl groups is 2. The molecular formula is C9H8O6. The zero-order valence-corrected chi connectivity index (χ0v) is 7.38. The summed E-state index contributed by atoms with van der Waals surface area (Å²) < 4.78 is 0. The molecule has 0 aliphatic carbocycles. The van der Waals surface area contributed by atoms with Crippen LogP contribution in [0, 0.1) is 0 Å². The fraction of sp³-hybridized carbons (Fsp3) is 0. The van der Waals surface area contributed by atoms with Crippen molar-refractivity contribution in [2.75, 3.05) is 0 Å². The monoisotopic (exact) mass is 212 g/mol. The van der Waals surface area contributed by atoms with Crippen LogP contribution >= 0.6 is 0 Å². The lowest BCUT2D eigenvalue weighted by molar-refractivity contribution is -0.135. The van der Waals surface area contributed by atoms with Crippen molar-refractivity contribution >= 4 is 11.7 Å². The van der Waals surface area contributed by atoms with Crippen molar-refractivity contribution in [3.8, 4) is 11.5 Å². The van der Waals surface area contributed by atoms with Crippen LogP contribution in [0.25, 0.3) is 5.76 Å². The van der Waals surface area contributed by atoms with E-state index in [2.05, 4.69) is 0 Å². The van der Waals surface area contributed by atoms with Gasteiger partial charge in [0.05, 0.1) is 0 Å². The number of carboxylic acid groups (broad SMARTS) is 1. The summed E-state index contributed by atoms with van der Waals surface area (Å²) in [5, 5.41) is 44.5. The summed E-state index contributed by atoms with van der Waals surface area (Å²) in [5.41, 5.74) is -0.120. The third kappa shape index (κ3) is 2.11. The van der Waals surface area contributed by atoms with Crippen LogP contribution in [-0.2, 0) is 4.79 Å². The molecule has 0 fully saturated rings. The standard InChI is InChI=1S/C9H8O6/c10-5-2-1-4(3-6(5)11)7(12)8(13)9(14)15/h1-3,10-13H,(H,14,15). The average molecular weight is 212 g/mol. The minimum atomic E-state index is -1.69. The smallest absolute Gasteiger partial charge is 0.374 e. The van der Waals surface area contributed by atoms with Crippen LogP contribution in [0.15, 0.2) is 24.0 Å². The van der Waals surface area contributed by atoms with Crippen LogP contribution < -0.4 is 0 Å². The molecule has 0 saturated heterocycles. The van der Waals surface area contributed by atoms with E-state index >= 15 is 0 Å². The Bertz CT molecular complexity index is 434. The number of carbonyl (C=O) groups is 1. The summed E-state index contributed by atoms with van der Waals surface area (Å²) in [6, 6.07) is 3.11. The van der Waals surface area contributed by atoms with E-state index in [4.69, 9.17) is 20.4 Å². The number of rotatable bonds is 2. The molecular weight excluding hydrogens is 204 g/mol. The third-order valence-corrected chi connectivity index (χ3v) is 1.68. The van der Waals surface area contributed by atoms with Crippen LogP contribution in [0.1, 0.15) is 5.56 Å². The van der Waals surface area contributed by atoms with E-state index in [1.54, 1.807) is 0 Å². The molecule has 0 heterocycles. The van der Waals surface area contributed by atoms with Gasteiger partial charge in [-0.05, 0) is 18.2 Å². The molecule has 0 unspecified atom stereocenters. The summed E-state index contributed by atoms with van der Waals surface area (Å²) >= 11 is 0. The van der Waals surface area contributed by atoms with Crippen molar-refractivity contribution in [1.29, 1.82) is 0 Å². The maximum atomic E-state index is 10.3. The normalized spacial score (nSPS) is 12.0. The molecule has 0 radical (unpaired) electrons. The fourth-order valence-electron chi connectivity index (χ4n) is 0.909. The highest BCUT2D eigenvalue weighted by molar-refractivity contribution is 5.91. The maximum absolute atomic E-state index is 10.3. The van der Waals surface area contributed by atoms with Gasteiger partial charge in [-0.2, -0.15) is 0 Å². The van der Waals surface area contributed by atoms with Gasteiger partial charge in [-0.15, -0.1) is 0 Å². The summed E-state index contributed by atoms with van der Waals surface area (Å²) in [6.45, 7) is 0. The van der Waals surface area contributed by atoms with Gasteiger partial charge in [0.25, 0.3) is 0 Å². The highest BCUT2D eigenvalue weighted by Crippen LogP contribution is 2.28.